The van der Waals surface area contributed by atoms with Gasteiger partial charge in [-0.05, 0) is 23.3 Å². The second-order valence-electron chi connectivity index (χ2n) is 6.12. The van der Waals surface area contributed by atoms with E-state index in [1.807, 2.05) is 6.07 Å². The highest BCUT2D eigenvalue weighted by atomic mass is 14.1. The fourth-order valence-corrected chi connectivity index (χ4v) is 2.31. The van der Waals surface area contributed by atoms with E-state index in [2.05, 4.69) is 65.8 Å². The topological polar surface area (TPSA) is 0 Å². The number of hydrogen-bond donors (Lipinski definition) is 0. The molecule has 0 heteroatoms. The maximum absolute atomic E-state index is 2.34. The van der Waals surface area contributed by atoms with Crippen molar-refractivity contribution in [2.24, 2.45) is 11.8 Å². The molecule has 0 nitrogen and oxygen atoms in total. The van der Waals surface area contributed by atoms with Gasteiger partial charge in [-0.3, -0.25) is 0 Å². The molecule has 0 spiro atoms. The lowest BCUT2D eigenvalue weighted by Crippen LogP contribution is -2.06. The standard InChI is InChI=1S/C10H22.C9H12/c1-5-7-8-10(6-2)9(3)4;1-8(2)9-6-4-3-5-7-9/h9-10H,5-8H2,1-4H3;3-8H,1-2H3. The van der Waals surface area contributed by atoms with E-state index in [-0.39, 0.29) is 0 Å². The van der Waals surface area contributed by atoms with E-state index in [0.29, 0.717) is 5.92 Å². The highest BCUT2D eigenvalue weighted by Crippen LogP contribution is 2.20. The van der Waals surface area contributed by atoms with Crippen LogP contribution in [0.15, 0.2) is 30.3 Å². The Bertz CT molecular complexity index is 284. The SMILES string of the molecule is CC(C)c1ccccc1.CCCCC(CC)C(C)C. The third-order valence-corrected chi connectivity index (χ3v) is 3.86. The summed E-state index contributed by atoms with van der Waals surface area (Å²) in [7, 11) is 0. The van der Waals surface area contributed by atoms with Crippen molar-refractivity contribution < 1.29 is 0 Å². The number of benzene rings is 1. The third-order valence-electron chi connectivity index (χ3n) is 3.86. The third kappa shape index (κ3) is 8.86. The van der Waals surface area contributed by atoms with Gasteiger partial charge in [0, 0.05) is 0 Å². The van der Waals surface area contributed by atoms with Crippen LogP contribution < -0.4 is 0 Å². The molecule has 0 aromatic heterocycles. The molecule has 0 radical (unpaired) electrons. The second-order valence-corrected chi connectivity index (χ2v) is 6.12. The molecule has 0 heterocycles. The van der Waals surface area contributed by atoms with Crippen molar-refractivity contribution >= 4 is 0 Å². The van der Waals surface area contributed by atoms with Gasteiger partial charge in [-0.1, -0.05) is 97.6 Å². The molecule has 0 aliphatic heterocycles. The molecular formula is C19H34. The van der Waals surface area contributed by atoms with Gasteiger partial charge in [0.2, 0.25) is 0 Å². The maximum Gasteiger partial charge on any atom is -0.0219 e. The fourth-order valence-electron chi connectivity index (χ4n) is 2.31. The lowest BCUT2D eigenvalue weighted by molar-refractivity contribution is 0.339. The summed E-state index contributed by atoms with van der Waals surface area (Å²) in [4.78, 5) is 0. The van der Waals surface area contributed by atoms with Gasteiger partial charge < -0.3 is 0 Å². The van der Waals surface area contributed by atoms with Crippen molar-refractivity contribution in [3.63, 3.8) is 0 Å². The summed E-state index contributed by atoms with van der Waals surface area (Å²) < 4.78 is 0. The summed E-state index contributed by atoms with van der Waals surface area (Å²) in [5, 5.41) is 0. The molecule has 1 atom stereocenters. The zero-order valence-corrected chi connectivity index (χ0v) is 13.9. The maximum atomic E-state index is 2.34. The Morgan fingerprint density at radius 2 is 1.47 bits per heavy atom. The van der Waals surface area contributed by atoms with Gasteiger partial charge in [-0.2, -0.15) is 0 Å². The van der Waals surface area contributed by atoms with Crippen LogP contribution in [0.3, 0.4) is 0 Å². The minimum Gasteiger partial charge on any atom is -0.0654 e. The van der Waals surface area contributed by atoms with Gasteiger partial charge >= 0.3 is 0 Å². The van der Waals surface area contributed by atoms with Gasteiger partial charge in [0.25, 0.3) is 0 Å². The number of hydrogen-bond acceptors (Lipinski definition) is 0. The van der Waals surface area contributed by atoms with Crippen LogP contribution in [0, 0.1) is 11.8 Å². The van der Waals surface area contributed by atoms with Crippen LogP contribution in [-0.4, -0.2) is 0 Å². The first-order valence-corrected chi connectivity index (χ1v) is 8.07. The first-order chi connectivity index (χ1) is 9.02. The first kappa shape index (κ1) is 18.2. The molecule has 0 saturated heterocycles. The van der Waals surface area contributed by atoms with Crippen LogP contribution in [-0.2, 0) is 0 Å². The Labute approximate surface area is 121 Å². The van der Waals surface area contributed by atoms with Crippen LogP contribution in [0.25, 0.3) is 0 Å². The smallest absolute Gasteiger partial charge is 0.0219 e. The van der Waals surface area contributed by atoms with E-state index in [1.54, 1.807) is 0 Å². The van der Waals surface area contributed by atoms with Crippen molar-refractivity contribution in [1.82, 2.24) is 0 Å². The van der Waals surface area contributed by atoms with Gasteiger partial charge in [-0.25, -0.2) is 0 Å². The highest BCUT2D eigenvalue weighted by molar-refractivity contribution is 5.17. The molecule has 1 unspecified atom stereocenters. The molecule has 1 aromatic rings. The zero-order valence-electron chi connectivity index (χ0n) is 13.9. The molecule has 0 saturated carbocycles. The molecule has 110 valence electrons. The molecule has 0 N–H and O–H groups in total. The molecule has 1 rings (SSSR count). The Morgan fingerprint density at radius 3 is 1.79 bits per heavy atom. The van der Waals surface area contributed by atoms with E-state index in [0.717, 1.165) is 11.8 Å². The molecule has 19 heavy (non-hydrogen) atoms. The van der Waals surface area contributed by atoms with Crippen LogP contribution in [0.4, 0.5) is 0 Å². The van der Waals surface area contributed by atoms with E-state index in [4.69, 9.17) is 0 Å². The van der Waals surface area contributed by atoms with Crippen molar-refractivity contribution in [3.8, 4) is 0 Å². The molecule has 0 aliphatic carbocycles. The summed E-state index contributed by atoms with van der Waals surface area (Å²) >= 11 is 0. The van der Waals surface area contributed by atoms with E-state index in [9.17, 15) is 0 Å². The molecule has 1 aromatic carbocycles. The largest absolute Gasteiger partial charge is 0.0654 e. The molecular weight excluding hydrogens is 228 g/mol. The molecule has 0 amide bonds. The molecule has 0 fully saturated rings. The summed E-state index contributed by atoms with van der Waals surface area (Å²) in [6.07, 6.45) is 5.56. The van der Waals surface area contributed by atoms with Crippen molar-refractivity contribution in [1.29, 1.82) is 0 Å². The van der Waals surface area contributed by atoms with Crippen LogP contribution in [0.5, 0.6) is 0 Å². The van der Waals surface area contributed by atoms with E-state index in [1.165, 1.54) is 31.2 Å². The van der Waals surface area contributed by atoms with Gasteiger partial charge in [0.15, 0.2) is 0 Å². The summed E-state index contributed by atoms with van der Waals surface area (Å²) in [5.74, 6) is 2.52. The molecule has 0 aliphatic rings. The Kier molecular flexibility index (Phi) is 10.6. The second kappa shape index (κ2) is 11.1. The normalized spacial score (nSPS) is 12.2. The summed E-state index contributed by atoms with van der Waals surface area (Å²) in [6, 6.07) is 10.5. The number of unbranched alkanes of at least 4 members (excludes halogenated alkanes) is 1. The fraction of sp³-hybridized carbons (Fsp3) is 0.684. The monoisotopic (exact) mass is 262 g/mol. The highest BCUT2D eigenvalue weighted by Gasteiger charge is 2.08. The predicted molar refractivity (Wildman–Crippen MR) is 88.7 cm³/mol. The lowest BCUT2D eigenvalue weighted by Gasteiger charge is -2.17. The Hall–Kier alpha value is -0.780. The first-order valence-electron chi connectivity index (χ1n) is 8.07. The van der Waals surface area contributed by atoms with Crippen LogP contribution in [0.1, 0.15) is 78.7 Å². The average molecular weight is 262 g/mol. The van der Waals surface area contributed by atoms with Crippen molar-refractivity contribution in [2.45, 2.75) is 73.1 Å². The van der Waals surface area contributed by atoms with Gasteiger partial charge in [0.05, 0.1) is 0 Å². The minimum absolute atomic E-state index is 0.659. The predicted octanol–water partition coefficient (Wildman–Crippen LogP) is 6.67. The van der Waals surface area contributed by atoms with Gasteiger partial charge in [0.1, 0.15) is 0 Å². The lowest BCUT2D eigenvalue weighted by atomic mass is 9.89. The van der Waals surface area contributed by atoms with Crippen LogP contribution in [0.2, 0.25) is 0 Å². The Balaban J connectivity index is 0.000000342. The quantitative estimate of drug-likeness (QED) is 0.537. The van der Waals surface area contributed by atoms with E-state index >= 15 is 0 Å². The Morgan fingerprint density at radius 1 is 0.895 bits per heavy atom. The zero-order chi connectivity index (χ0) is 14.7. The summed E-state index contributed by atoms with van der Waals surface area (Å²) in [6.45, 7) is 13.7. The molecule has 0 bridgehead atoms. The minimum atomic E-state index is 0.659. The van der Waals surface area contributed by atoms with Crippen molar-refractivity contribution in [2.75, 3.05) is 0 Å². The van der Waals surface area contributed by atoms with Gasteiger partial charge in [-0.15, -0.1) is 0 Å². The van der Waals surface area contributed by atoms with Crippen molar-refractivity contribution in [3.05, 3.63) is 35.9 Å². The summed E-state index contributed by atoms with van der Waals surface area (Å²) in [5.41, 5.74) is 1.41. The van der Waals surface area contributed by atoms with E-state index < -0.39 is 0 Å². The average Bonchev–Trinajstić information content (AvgIpc) is 2.41. The van der Waals surface area contributed by atoms with Crippen LogP contribution >= 0.6 is 0 Å². The number of rotatable bonds is 6.